The first kappa shape index (κ1) is 15.4. The maximum atomic E-state index is 12.7. The zero-order chi connectivity index (χ0) is 15.4. The molecule has 0 aliphatic heterocycles. The van der Waals surface area contributed by atoms with Gasteiger partial charge in [0.25, 0.3) is 5.91 Å². The number of benzene rings is 1. The summed E-state index contributed by atoms with van der Waals surface area (Å²) >= 11 is 0. The number of aliphatic hydroxyl groups excluding tert-OH is 1. The number of nitrogens with zero attached hydrogens (tertiary/aromatic N) is 1. The largest absolute Gasteiger partial charge is 0.493 e. The molecular formula is C15H22N2O4. The van der Waals surface area contributed by atoms with Crippen LogP contribution >= 0.6 is 0 Å². The Morgan fingerprint density at radius 1 is 1.33 bits per heavy atom. The lowest BCUT2D eigenvalue weighted by atomic mass is 9.91. The molecule has 0 bridgehead atoms. The number of methoxy groups -OCH3 is 2. The van der Waals surface area contributed by atoms with Crippen molar-refractivity contribution in [2.24, 2.45) is 0 Å². The van der Waals surface area contributed by atoms with Crippen molar-refractivity contribution >= 4 is 11.6 Å². The molecule has 0 radical (unpaired) electrons. The summed E-state index contributed by atoms with van der Waals surface area (Å²) in [6, 6.07) is 3.38. The van der Waals surface area contributed by atoms with Gasteiger partial charge in [-0.25, -0.2) is 0 Å². The minimum atomic E-state index is -0.174. The average molecular weight is 294 g/mol. The fourth-order valence-corrected chi connectivity index (χ4v) is 2.49. The topological polar surface area (TPSA) is 85.0 Å². The van der Waals surface area contributed by atoms with Crippen molar-refractivity contribution in [1.82, 2.24) is 4.90 Å². The number of nitrogens with two attached hydrogens (primary N) is 1. The zero-order valence-electron chi connectivity index (χ0n) is 12.5. The van der Waals surface area contributed by atoms with Crippen molar-refractivity contribution in [3.05, 3.63) is 17.7 Å². The van der Waals surface area contributed by atoms with E-state index < -0.39 is 0 Å². The molecule has 0 saturated heterocycles. The number of hydrogen-bond acceptors (Lipinski definition) is 5. The molecule has 0 heterocycles. The molecule has 0 spiro atoms. The van der Waals surface area contributed by atoms with Crippen molar-refractivity contribution in [3.63, 3.8) is 0 Å². The molecule has 6 nitrogen and oxygen atoms in total. The average Bonchev–Trinajstić information content (AvgIpc) is 2.43. The van der Waals surface area contributed by atoms with E-state index in [4.69, 9.17) is 15.2 Å². The summed E-state index contributed by atoms with van der Waals surface area (Å²) in [5, 5.41) is 9.18. The predicted octanol–water partition coefficient (Wildman–Crippen LogP) is 1.27. The molecule has 0 unspecified atom stereocenters. The van der Waals surface area contributed by atoms with E-state index in [1.165, 1.54) is 14.2 Å². The Morgan fingerprint density at radius 2 is 1.95 bits per heavy atom. The van der Waals surface area contributed by atoms with Gasteiger partial charge in [-0.15, -0.1) is 0 Å². The van der Waals surface area contributed by atoms with Crippen molar-refractivity contribution in [2.45, 2.75) is 25.3 Å². The number of hydrogen-bond donors (Lipinski definition) is 2. The van der Waals surface area contributed by atoms with Crippen LogP contribution in [0.4, 0.5) is 5.69 Å². The van der Waals surface area contributed by atoms with E-state index in [9.17, 15) is 9.90 Å². The second kappa shape index (κ2) is 6.67. The molecule has 1 aromatic carbocycles. The molecule has 21 heavy (non-hydrogen) atoms. The van der Waals surface area contributed by atoms with Gasteiger partial charge >= 0.3 is 0 Å². The number of amides is 1. The van der Waals surface area contributed by atoms with Crippen LogP contribution in [-0.2, 0) is 0 Å². The molecule has 116 valence electrons. The van der Waals surface area contributed by atoms with E-state index in [2.05, 4.69) is 0 Å². The van der Waals surface area contributed by atoms with Crippen molar-refractivity contribution in [2.75, 3.05) is 33.1 Å². The highest BCUT2D eigenvalue weighted by atomic mass is 16.5. The van der Waals surface area contributed by atoms with Gasteiger partial charge in [-0.05, 0) is 25.3 Å². The first-order chi connectivity index (χ1) is 10.1. The van der Waals surface area contributed by atoms with E-state index in [1.807, 2.05) is 0 Å². The molecule has 1 amide bonds. The van der Waals surface area contributed by atoms with Gasteiger partial charge in [0.2, 0.25) is 0 Å². The predicted molar refractivity (Wildman–Crippen MR) is 79.7 cm³/mol. The monoisotopic (exact) mass is 294 g/mol. The van der Waals surface area contributed by atoms with Crippen LogP contribution in [0.1, 0.15) is 29.6 Å². The minimum Gasteiger partial charge on any atom is -0.493 e. The van der Waals surface area contributed by atoms with E-state index in [1.54, 1.807) is 17.0 Å². The smallest absolute Gasteiger partial charge is 0.256 e. The van der Waals surface area contributed by atoms with Crippen LogP contribution in [-0.4, -0.2) is 49.3 Å². The summed E-state index contributed by atoms with van der Waals surface area (Å²) in [5.74, 6) is 0.781. The van der Waals surface area contributed by atoms with Crippen molar-refractivity contribution < 1.29 is 19.4 Å². The number of aliphatic hydroxyl groups is 1. The van der Waals surface area contributed by atoms with Gasteiger partial charge < -0.3 is 25.2 Å². The lowest BCUT2D eigenvalue weighted by Crippen LogP contribution is -2.45. The zero-order valence-corrected chi connectivity index (χ0v) is 12.5. The van der Waals surface area contributed by atoms with Crippen LogP contribution in [0.3, 0.4) is 0 Å². The Hall–Kier alpha value is -1.95. The van der Waals surface area contributed by atoms with Gasteiger partial charge in [0.05, 0.1) is 26.4 Å². The van der Waals surface area contributed by atoms with E-state index >= 15 is 0 Å². The third-order valence-corrected chi connectivity index (χ3v) is 3.90. The first-order valence-corrected chi connectivity index (χ1v) is 7.05. The van der Waals surface area contributed by atoms with Crippen LogP contribution in [0, 0.1) is 0 Å². The van der Waals surface area contributed by atoms with Gasteiger partial charge in [0, 0.05) is 24.3 Å². The van der Waals surface area contributed by atoms with Crippen LogP contribution in [0.5, 0.6) is 11.5 Å². The van der Waals surface area contributed by atoms with E-state index in [0.29, 0.717) is 29.3 Å². The maximum Gasteiger partial charge on any atom is 0.256 e. The maximum absolute atomic E-state index is 12.7. The first-order valence-electron chi connectivity index (χ1n) is 7.05. The standard InChI is InChI=1S/C15H22N2O4/c1-20-13-8-11(12(16)9-14(13)21-2)15(19)17(6-7-18)10-4-3-5-10/h8-10,18H,3-7,16H2,1-2H3. The third kappa shape index (κ3) is 3.05. The summed E-state index contributed by atoms with van der Waals surface area (Å²) in [4.78, 5) is 14.4. The number of carbonyl (C=O) groups excluding carboxylic acids is 1. The van der Waals surface area contributed by atoms with Crippen LogP contribution in [0.2, 0.25) is 0 Å². The van der Waals surface area contributed by atoms with E-state index in [0.717, 1.165) is 19.3 Å². The second-order valence-electron chi connectivity index (χ2n) is 5.10. The number of nitrogen functional groups attached to an aromatic ring is 1. The second-order valence-corrected chi connectivity index (χ2v) is 5.10. The van der Waals surface area contributed by atoms with Gasteiger partial charge in [-0.1, -0.05) is 0 Å². The van der Waals surface area contributed by atoms with Crippen LogP contribution in [0.25, 0.3) is 0 Å². The van der Waals surface area contributed by atoms with Gasteiger partial charge in [0.1, 0.15) is 0 Å². The Balaban J connectivity index is 2.32. The van der Waals surface area contributed by atoms with Crippen LogP contribution < -0.4 is 15.2 Å². The molecule has 1 aliphatic carbocycles. The Kier molecular flexibility index (Phi) is 4.90. The van der Waals surface area contributed by atoms with Gasteiger partial charge in [-0.3, -0.25) is 4.79 Å². The molecule has 1 fully saturated rings. The number of rotatable bonds is 6. The SMILES string of the molecule is COc1cc(N)c(C(=O)N(CCO)C2CCC2)cc1OC. The highest BCUT2D eigenvalue weighted by Crippen LogP contribution is 2.34. The van der Waals surface area contributed by atoms with Gasteiger partial charge in [0.15, 0.2) is 11.5 Å². The molecule has 1 aliphatic rings. The van der Waals surface area contributed by atoms with Crippen molar-refractivity contribution in [1.29, 1.82) is 0 Å². The number of ether oxygens (including phenoxy) is 2. The Labute approximate surface area is 124 Å². The number of carbonyl (C=O) groups is 1. The summed E-state index contributed by atoms with van der Waals surface area (Å²) in [6.07, 6.45) is 3.05. The summed E-state index contributed by atoms with van der Waals surface area (Å²) in [7, 11) is 3.03. The van der Waals surface area contributed by atoms with Crippen LogP contribution in [0.15, 0.2) is 12.1 Å². The summed E-state index contributed by atoms with van der Waals surface area (Å²) in [6.45, 7) is 0.257. The quantitative estimate of drug-likeness (QED) is 0.772. The summed E-state index contributed by atoms with van der Waals surface area (Å²) in [5.41, 5.74) is 6.70. The highest BCUT2D eigenvalue weighted by molar-refractivity contribution is 6.00. The molecular weight excluding hydrogens is 272 g/mol. The Bertz CT molecular complexity index is 515. The molecule has 6 heteroatoms. The lowest BCUT2D eigenvalue weighted by molar-refractivity contribution is 0.0526. The molecule has 1 saturated carbocycles. The molecule has 1 aromatic rings. The molecule has 0 aromatic heterocycles. The molecule has 2 rings (SSSR count). The number of anilines is 1. The normalized spacial score (nSPS) is 14.4. The highest BCUT2D eigenvalue weighted by Gasteiger charge is 2.30. The Morgan fingerprint density at radius 3 is 2.43 bits per heavy atom. The fourth-order valence-electron chi connectivity index (χ4n) is 2.49. The molecule has 3 N–H and O–H groups in total. The summed E-state index contributed by atoms with van der Waals surface area (Å²) < 4.78 is 10.4. The fraction of sp³-hybridized carbons (Fsp3) is 0.533. The van der Waals surface area contributed by atoms with Gasteiger partial charge in [-0.2, -0.15) is 0 Å². The lowest BCUT2D eigenvalue weighted by Gasteiger charge is -2.37. The molecule has 0 atom stereocenters. The minimum absolute atomic E-state index is 0.0601. The third-order valence-electron chi connectivity index (χ3n) is 3.90. The van der Waals surface area contributed by atoms with Crippen molar-refractivity contribution in [3.8, 4) is 11.5 Å². The van der Waals surface area contributed by atoms with E-state index in [-0.39, 0.29) is 18.6 Å².